The number of carbonyl (C=O) groups excluding carboxylic acids is 2. The van der Waals surface area contributed by atoms with E-state index in [0.717, 1.165) is 25.8 Å². The highest BCUT2D eigenvalue weighted by molar-refractivity contribution is 5.87. The lowest BCUT2D eigenvalue weighted by Gasteiger charge is -2.42. The number of methoxy groups -OCH3 is 1. The van der Waals surface area contributed by atoms with Gasteiger partial charge in [-0.25, -0.2) is 0 Å². The van der Waals surface area contributed by atoms with Crippen molar-refractivity contribution in [3.05, 3.63) is 12.2 Å². The molecule has 2 N–H and O–H groups in total. The van der Waals surface area contributed by atoms with Crippen LogP contribution >= 0.6 is 0 Å². The maximum absolute atomic E-state index is 13.5. The van der Waals surface area contributed by atoms with Crippen molar-refractivity contribution in [2.24, 2.45) is 23.7 Å². The molecule has 1 heterocycles. The topological polar surface area (TPSA) is 93.5 Å². The number of carbonyl (C=O) groups is 2. The van der Waals surface area contributed by atoms with Gasteiger partial charge in [0.1, 0.15) is 0 Å². The Balaban J connectivity index is 1.69. The number of likely N-dealkylation sites (tertiary alicyclic amines) is 1. The van der Waals surface area contributed by atoms with Gasteiger partial charge in [0.05, 0.1) is 24.2 Å². The minimum Gasteiger partial charge on any atom is -0.393 e. The standard InChI is InChI=1S/C24H41N3O5/c1-15-19(28)12-20(29)22(23(15)32-5)24(31)27-13-16-8-6-9-18(17(16)14-27)26(4)21(30)10-7-11-25(2)3/h7,10,15-20,22-23,28-29H,6,8-9,11-14H2,1-5H3/b10-7+. The van der Waals surface area contributed by atoms with Gasteiger partial charge in [-0.15, -0.1) is 0 Å². The van der Waals surface area contributed by atoms with Crippen molar-refractivity contribution in [1.29, 1.82) is 0 Å². The minimum absolute atomic E-state index is 0.00670. The predicted octanol–water partition coefficient (Wildman–Crippen LogP) is 0.583. The molecular weight excluding hydrogens is 410 g/mol. The van der Waals surface area contributed by atoms with Crippen LogP contribution < -0.4 is 0 Å². The van der Waals surface area contributed by atoms with Gasteiger partial charge in [0.2, 0.25) is 11.8 Å². The Bertz CT molecular complexity index is 699. The number of nitrogens with zero attached hydrogens (tertiary/aromatic N) is 3. The van der Waals surface area contributed by atoms with Crippen LogP contribution in [0.3, 0.4) is 0 Å². The number of likely N-dealkylation sites (N-methyl/N-ethyl adjacent to an activating group) is 2. The van der Waals surface area contributed by atoms with E-state index in [9.17, 15) is 19.8 Å². The normalized spacial score (nSPS) is 37.7. The lowest BCUT2D eigenvalue weighted by atomic mass is 9.75. The fourth-order valence-corrected chi connectivity index (χ4v) is 6.00. The van der Waals surface area contributed by atoms with Crippen LogP contribution in [0.25, 0.3) is 0 Å². The average Bonchev–Trinajstić information content (AvgIpc) is 3.19. The molecule has 182 valence electrons. The van der Waals surface area contributed by atoms with Crippen molar-refractivity contribution in [2.45, 2.75) is 57.0 Å². The van der Waals surface area contributed by atoms with E-state index < -0.39 is 24.2 Å². The van der Waals surface area contributed by atoms with Crippen LogP contribution in [-0.2, 0) is 14.3 Å². The van der Waals surface area contributed by atoms with Crippen molar-refractivity contribution in [3.63, 3.8) is 0 Å². The average molecular weight is 452 g/mol. The Labute approximate surface area is 192 Å². The highest BCUT2D eigenvalue weighted by Gasteiger charge is 2.50. The van der Waals surface area contributed by atoms with E-state index in [2.05, 4.69) is 0 Å². The third-order valence-electron chi connectivity index (χ3n) is 7.88. The fraction of sp³-hybridized carbons (Fsp3) is 0.833. The third kappa shape index (κ3) is 5.19. The molecule has 3 fully saturated rings. The second-order valence-corrected chi connectivity index (χ2v) is 10.2. The summed E-state index contributed by atoms with van der Waals surface area (Å²) in [5.41, 5.74) is 0. The van der Waals surface area contributed by atoms with Crippen LogP contribution in [0.5, 0.6) is 0 Å². The number of fused-ring (bicyclic) bond motifs is 1. The Morgan fingerprint density at radius 3 is 2.50 bits per heavy atom. The molecule has 2 aliphatic carbocycles. The van der Waals surface area contributed by atoms with Crippen molar-refractivity contribution in [3.8, 4) is 0 Å². The van der Waals surface area contributed by atoms with Crippen LogP contribution in [0, 0.1) is 23.7 Å². The van der Waals surface area contributed by atoms with Gasteiger partial charge in [-0.05, 0) is 32.9 Å². The molecule has 2 saturated carbocycles. The summed E-state index contributed by atoms with van der Waals surface area (Å²) in [5, 5.41) is 20.8. The molecule has 1 saturated heterocycles. The number of aliphatic hydroxyl groups is 2. The predicted molar refractivity (Wildman–Crippen MR) is 122 cm³/mol. The summed E-state index contributed by atoms with van der Waals surface area (Å²) in [6, 6.07) is 0.110. The highest BCUT2D eigenvalue weighted by atomic mass is 16.5. The van der Waals surface area contributed by atoms with Crippen molar-refractivity contribution >= 4 is 11.8 Å². The van der Waals surface area contributed by atoms with Gasteiger partial charge >= 0.3 is 0 Å². The summed E-state index contributed by atoms with van der Waals surface area (Å²) in [6.45, 7) is 3.85. The van der Waals surface area contributed by atoms with Crippen LogP contribution in [0.1, 0.15) is 32.6 Å². The van der Waals surface area contributed by atoms with E-state index in [-0.39, 0.29) is 36.1 Å². The molecule has 2 amide bonds. The van der Waals surface area contributed by atoms with Crippen LogP contribution in [0.2, 0.25) is 0 Å². The molecule has 8 unspecified atom stereocenters. The lowest BCUT2D eigenvalue weighted by molar-refractivity contribution is -0.162. The number of ether oxygens (including phenoxy) is 1. The molecule has 0 aromatic carbocycles. The summed E-state index contributed by atoms with van der Waals surface area (Å²) >= 11 is 0. The smallest absolute Gasteiger partial charge is 0.246 e. The van der Waals surface area contributed by atoms with Crippen LogP contribution in [0.15, 0.2) is 12.2 Å². The minimum atomic E-state index is -0.914. The zero-order valence-corrected chi connectivity index (χ0v) is 20.2. The molecule has 8 nitrogen and oxygen atoms in total. The third-order valence-corrected chi connectivity index (χ3v) is 7.88. The van der Waals surface area contributed by atoms with Crippen molar-refractivity contribution in [1.82, 2.24) is 14.7 Å². The van der Waals surface area contributed by atoms with Gasteiger partial charge in [-0.3, -0.25) is 9.59 Å². The number of amides is 2. The number of aliphatic hydroxyl groups excluding tert-OH is 2. The molecule has 0 radical (unpaired) electrons. The van der Waals surface area contributed by atoms with Crippen molar-refractivity contribution in [2.75, 3.05) is 47.9 Å². The second kappa shape index (κ2) is 10.6. The SMILES string of the molecule is COC1C(C)C(O)CC(O)C1C(=O)N1CC2CCCC(N(C)C(=O)/C=C/CN(C)C)C2C1. The van der Waals surface area contributed by atoms with E-state index in [1.807, 2.05) is 48.8 Å². The van der Waals surface area contributed by atoms with Crippen LogP contribution in [0.4, 0.5) is 0 Å². The molecule has 0 bridgehead atoms. The molecule has 3 rings (SSSR count). The van der Waals surface area contributed by atoms with E-state index in [1.165, 1.54) is 7.11 Å². The summed E-state index contributed by atoms with van der Waals surface area (Å²) in [6.07, 6.45) is 4.67. The second-order valence-electron chi connectivity index (χ2n) is 10.2. The summed E-state index contributed by atoms with van der Waals surface area (Å²) in [5.74, 6) is -0.349. The zero-order chi connectivity index (χ0) is 23.6. The highest BCUT2D eigenvalue weighted by Crippen LogP contribution is 2.41. The first-order valence-electron chi connectivity index (χ1n) is 11.9. The van der Waals surface area contributed by atoms with Crippen LogP contribution in [-0.4, -0.2) is 109 Å². The number of hydrogen-bond acceptors (Lipinski definition) is 6. The van der Waals surface area contributed by atoms with Gasteiger partial charge in [-0.2, -0.15) is 0 Å². The molecule has 0 aromatic rings. The van der Waals surface area contributed by atoms with Gasteiger partial charge in [0, 0.05) is 64.2 Å². The first kappa shape index (κ1) is 25.1. The molecule has 0 spiro atoms. The Morgan fingerprint density at radius 2 is 1.84 bits per heavy atom. The largest absolute Gasteiger partial charge is 0.393 e. The molecule has 1 aliphatic heterocycles. The summed E-state index contributed by atoms with van der Waals surface area (Å²) in [4.78, 5) is 32.0. The summed E-state index contributed by atoms with van der Waals surface area (Å²) < 4.78 is 5.57. The summed E-state index contributed by atoms with van der Waals surface area (Å²) in [7, 11) is 7.34. The fourth-order valence-electron chi connectivity index (χ4n) is 6.00. The molecule has 3 aliphatic rings. The van der Waals surface area contributed by atoms with Crippen molar-refractivity contribution < 1.29 is 24.5 Å². The molecule has 32 heavy (non-hydrogen) atoms. The van der Waals surface area contributed by atoms with E-state index >= 15 is 0 Å². The number of rotatable bonds is 6. The molecular formula is C24H41N3O5. The Hall–Kier alpha value is -1.48. The zero-order valence-electron chi connectivity index (χ0n) is 20.2. The molecule has 0 aromatic heterocycles. The molecule has 8 heteroatoms. The Kier molecular flexibility index (Phi) is 8.36. The van der Waals surface area contributed by atoms with Gasteiger partial charge in [-0.1, -0.05) is 19.4 Å². The van der Waals surface area contributed by atoms with E-state index in [4.69, 9.17) is 4.74 Å². The quantitative estimate of drug-likeness (QED) is 0.574. The number of hydrogen-bond donors (Lipinski definition) is 2. The molecule has 8 atom stereocenters. The van der Waals surface area contributed by atoms with Gasteiger partial charge < -0.3 is 29.6 Å². The maximum atomic E-state index is 13.5. The first-order chi connectivity index (χ1) is 15.1. The monoisotopic (exact) mass is 451 g/mol. The maximum Gasteiger partial charge on any atom is 0.246 e. The van der Waals surface area contributed by atoms with E-state index in [1.54, 1.807) is 6.08 Å². The lowest BCUT2D eigenvalue weighted by Crippen LogP contribution is -2.55. The first-order valence-corrected chi connectivity index (χ1v) is 11.9. The Morgan fingerprint density at radius 1 is 1.12 bits per heavy atom. The van der Waals surface area contributed by atoms with E-state index in [0.29, 0.717) is 19.0 Å². The van der Waals surface area contributed by atoms with Gasteiger partial charge in [0.25, 0.3) is 0 Å². The van der Waals surface area contributed by atoms with Gasteiger partial charge in [0.15, 0.2) is 0 Å².